The quantitative estimate of drug-likeness (QED) is 0.751. The second kappa shape index (κ2) is 8.34. The Bertz CT molecular complexity index is 936. The molecule has 0 spiro atoms. The number of benzene rings is 2. The molecule has 1 N–H and O–H groups in total. The smallest absolute Gasteiger partial charge is 0.345 e. The third kappa shape index (κ3) is 5.82. The average molecular weight is 413 g/mol. The first-order chi connectivity index (χ1) is 12.9. The van der Waals surface area contributed by atoms with E-state index in [4.69, 9.17) is 0 Å². The molecule has 0 aliphatic carbocycles. The number of amides is 1. The van der Waals surface area contributed by atoms with E-state index in [1.807, 2.05) is 13.8 Å². The van der Waals surface area contributed by atoms with Crippen molar-refractivity contribution in [3.05, 3.63) is 65.2 Å². The van der Waals surface area contributed by atoms with E-state index in [2.05, 4.69) is 5.32 Å². The van der Waals surface area contributed by atoms with E-state index < -0.39 is 33.5 Å². The highest BCUT2D eigenvalue weighted by atomic mass is 32.2. The van der Waals surface area contributed by atoms with Gasteiger partial charge in [-0.2, -0.15) is 13.2 Å². The zero-order valence-electron chi connectivity index (χ0n) is 15.7. The van der Waals surface area contributed by atoms with E-state index in [1.165, 1.54) is 30.3 Å². The summed E-state index contributed by atoms with van der Waals surface area (Å²) in [6, 6.07) is 9.70. The van der Waals surface area contributed by atoms with E-state index in [0.29, 0.717) is 12.0 Å². The van der Waals surface area contributed by atoms with Crippen LogP contribution in [0.15, 0.2) is 53.4 Å². The summed E-state index contributed by atoms with van der Waals surface area (Å²) in [5.74, 6) is -0.351. The first-order valence-electron chi connectivity index (χ1n) is 8.66. The van der Waals surface area contributed by atoms with Gasteiger partial charge in [0.2, 0.25) is 0 Å². The van der Waals surface area contributed by atoms with Crippen molar-refractivity contribution in [2.24, 2.45) is 5.92 Å². The molecule has 1 atom stereocenters. The van der Waals surface area contributed by atoms with Gasteiger partial charge in [0, 0.05) is 11.8 Å². The first-order valence-corrected chi connectivity index (χ1v) is 10.5. The van der Waals surface area contributed by atoms with E-state index in [9.17, 15) is 26.4 Å². The van der Waals surface area contributed by atoms with Gasteiger partial charge < -0.3 is 5.32 Å². The Morgan fingerprint density at radius 3 is 2.18 bits per heavy atom. The standard InChI is InChI=1S/C20H22F3NO3S/c1-13(2)11-18(15-5-4-6-16(12-15)20(21,22)23)24-19(25)14-7-9-17(10-8-14)28(3,26)27/h4-10,12-13,18H,11H2,1-3H3,(H,24,25)/t18-/m1/s1. The van der Waals surface area contributed by atoms with Crippen LogP contribution in [0.1, 0.15) is 47.8 Å². The summed E-state index contributed by atoms with van der Waals surface area (Å²) in [7, 11) is -3.38. The molecule has 0 heterocycles. The zero-order chi connectivity index (χ0) is 21.1. The molecule has 0 unspecified atom stereocenters. The van der Waals surface area contributed by atoms with Crippen LogP contribution in [0.5, 0.6) is 0 Å². The Kier molecular flexibility index (Phi) is 6.54. The third-order valence-corrected chi connectivity index (χ3v) is 5.30. The fourth-order valence-electron chi connectivity index (χ4n) is 2.78. The van der Waals surface area contributed by atoms with E-state index in [1.54, 1.807) is 6.07 Å². The molecule has 8 heteroatoms. The van der Waals surface area contributed by atoms with Gasteiger partial charge in [0.1, 0.15) is 0 Å². The Morgan fingerprint density at radius 1 is 1.07 bits per heavy atom. The van der Waals surface area contributed by atoms with Crippen LogP contribution in [0.3, 0.4) is 0 Å². The molecule has 0 fully saturated rings. The molecule has 4 nitrogen and oxygen atoms in total. The number of nitrogens with one attached hydrogen (secondary N) is 1. The predicted octanol–water partition coefficient (Wildman–Crippen LogP) is 4.63. The minimum atomic E-state index is -4.47. The van der Waals surface area contributed by atoms with Gasteiger partial charge in [-0.3, -0.25) is 4.79 Å². The molecular formula is C20H22F3NO3S. The fraction of sp³-hybridized carbons (Fsp3) is 0.350. The molecule has 152 valence electrons. The van der Waals surface area contributed by atoms with Crippen molar-refractivity contribution in [1.29, 1.82) is 0 Å². The number of carbonyl (C=O) groups is 1. The van der Waals surface area contributed by atoms with E-state index in [0.717, 1.165) is 18.4 Å². The molecule has 0 aliphatic heterocycles. The van der Waals surface area contributed by atoms with Gasteiger partial charge in [-0.1, -0.05) is 26.0 Å². The predicted molar refractivity (Wildman–Crippen MR) is 101 cm³/mol. The maximum atomic E-state index is 13.0. The minimum Gasteiger partial charge on any atom is -0.345 e. The van der Waals surface area contributed by atoms with Crippen LogP contribution in [0.2, 0.25) is 0 Å². The number of halogens is 3. The molecule has 0 radical (unpaired) electrons. The Labute approximate surface area is 162 Å². The summed E-state index contributed by atoms with van der Waals surface area (Å²) >= 11 is 0. The second-order valence-electron chi connectivity index (χ2n) is 7.08. The Hall–Kier alpha value is -2.35. The number of rotatable bonds is 6. The van der Waals surface area contributed by atoms with Crippen LogP contribution in [-0.4, -0.2) is 20.6 Å². The van der Waals surface area contributed by atoms with Crippen molar-refractivity contribution in [2.45, 2.75) is 37.4 Å². The summed E-state index contributed by atoms with van der Waals surface area (Å²) < 4.78 is 62.1. The number of hydrogen-bond donors (Lipinski definition) is 1. The molecule has 2 aromatic carbocycles. The third-order valence-electron chi connectivity index (χ3n) is 4.17. The highest BCUT2D eigenvalue weighted by Crippen LogP contribution is 2.32. The monoisotopic (exact) mass is 413 g/mol. The number of sulfone groups is 1. The molecule has 0 saturated carbocycles. The summed E-state index contributed by atoms with van der Waals surface area (Å²) in [6.45, 7) is 3.82. The maximum absolute atomic E-state index is 13.0. The van der Waals surface area contributed by atoms with Crippen LogP contribution in [-0.2, 0) is 16.0 Å². The fourth-order valence-corrected chi connectivity index (χ4v) is 3.41. The first kappa shape index (κ1) is 21.9. The van der Waals surface area contributed by atoms with Crippen LogP contribution >= 0.6 is 0 Å². The normalized spacial score (nSPS) is 13.4. The van der Waals surface area contributed by atoms with Gasteiger partial charge in [-0.05, 0) is 54.3 Å². The molecule has 0 bridgehead atoms. The molecule has 2 rings (SSSR count). The van der Waals surface area contributed by atoms with E-state index in [-0.39, 0.29) is 16.4 Å². The average Bonchev–Trinajstić information content (AvgIpc) is 2.59. The van der Waals surface area contributed by atoms with Gasteiger partial charge in [-0.25, -0.2) is 8.42 Å². The number of alkyl halides is 3. The highest BCUT2D eigenvalue weighted by Gasteiger charge is 2.31. The summed E-state index contributed by atoms with van der Waals surface area (Å²) in [6.07, 6.45) is -2.95. The van der Waals surface area contributed by atoms with Crippen LogP contribution in [0.25, 0.3) is 0 Å². The van der Waals surface area contributed by atoms with Gasteiger partial charge in [0.15, 0.2) is 9.84 Å². The summed E-state index contributed by atoms with van der Waals surface area (Å²) in [5.41, 5.74) is -0.178. The molecule has 0 aliphatic rings. The molecule has 0 saturated heterocycles. The van der Waals surface area contributed by atoms with Crippen molar-refractivity contribution in [2.75, 3.05) is 6.26 Å². The second-order valence-corrected chi connectivity index (χ2v) is 9.09. The number of carbonyl (C=O) groups excluding carboxylic acids is 1. The van der Waals surface area contributed by atoms with Crippen molar-refractivity contribution in [1.82, 2.24) is 5.32 Å². The van der Waals surface area contributed by atoms with Crippen LogP contribution < -0.4 is 5.32 Å². The lowest BCUT2D eigenvalue weighted by atomic mass is 9.95. The molecule has 0 aromatic heterocycles. The lowest BCUT2D eigenvalue weighted by Crippen LogP contribution is -2.29. The molecule has 1 amide bonds. The molecular weight excluding hydrogens is 391 g/mol. The lowest BCUT2D eigenvalue weighted by molar-refractivity contribution is -0.137. The van der Waals surface area contributed by atoms with Crippen molar-refractivity contribution in [3.8, 4) is 0 Å². The summed E-state index contributed by atoms with van der Waals surface area (Å²) in [5, 5.41) is 2.76. The highest BCUT2D eigenvalue weighted by molar-refractivity contribution is 7.90. The Morgan fingerprint density at radius 2 is 1.68 bits per heavy atom. The van der Waals surface area contributed by atoms with Gasteiger partial charge >= 0.3 is 6.18 Å². The zero-order valence-corrected chi connectivity index (χ0v) is 16.6. The number of hydrogen-bond acceptors (Lipinski definition) is 3. The van der Waals surface area contributed by atoms with Crippen molar-refractivity contribution < 1.29 is 26.4 Å². The largest absolute Gasteiger partial charge is 0.416 e. The molecule has 28 heavy (non-hydrogen) atoms. The lowest BCUT2D eigenvalue weighted by Gasteiger charge is -2.22. The topological polar surface area (TPSA) is 63.2 Å². The van der Waals surface area contributed by atoms with Gasteiger partial charge in [0.05, 0.1) is 16.5 Å². The summed E-state index contributed by atoms with van der Waals surface area (Å²) in [4.78, 5) is 12.7. The van der Waals surface area contributed by atoms with E-state index >= 15 is 0 Å². The van der Waals surface area contributed by atoms with Crippen LogP contribution in [0, 0.1) is 5.92 Å². The van der Waals surface area contributed by atoms with Crippen molar-refractivity contribution in [3.63, 3.8) is 0 Å². The van der Waals surface area contributed by atoms with Crippen LogP contribution in [0.4, 0.5) is 13.2 Å². The maximum Gasteiger partial charge on any atom is 0.416 e. The molecule has 2 aromatic rings. The SMILES string of the molecule is CC(C)C[C@@H](NC(=O)c1ccc(S(C)(=O)=O)cc1)c1cccc(C(F)(F)F)c1. The van der Waals surface area contributed by atoms with Crippen molar-refractivity contribution >= 4 is 15.7 Å². The minimum absolute atomic E-state index is 0.0839. The Balaban J connectivity index is 2.28. The van der Waals surface area contributed by atoms with Gasteiger partial charge in [0.25, 0.3) is 5.91 Å². The van der Waals surface area contributed by atoms with Gasteiger partial charge in [-0.15, -0.1) is 0 Å².